The van der Waals surface area contributed by atoms with Gasteiger partial charge in [0.05, 0.1) is 11.9 Å². The van der Waals surface area contributed by atoms with Crippen LogP contribution in [-0.2, 0) is 26.2 Å². The van der Waals surface area contributed by atoms with Gasteiger partial charge in [-0.25, -0.2) is 8.42 Å². The van der Waals surface area contributed by atoms with Gasteiger partial charge in [-0.1, -0.05) is 41.9 Å². The molecule has 0 heterocycles. The maximum atomic E-state index is 13.2. The Kier molecular flexibility index (Phi) is 8.25. The molecule has 2 amide bonds. The van der Waals surface area contributed by atoms with Gasteiger partial charge in [-0.05, 0) is 43.7 Å². The average molecular weight is 452 g/mol. The van der Waals surface area contributed by atoms with Crippen LogP contribution in [0.25, 0.3) is 0 Å². The fourth-order valence-corrected chi connectivity index (χ4v) is 3.87. The van der Waals surface area contributed by atoms with Crippen molar-refractivity contribution >= 4 is 39.1 Å². The summed E-state index contributed by atoms with van der Waals surface area (Å²) in [5.41, 5.74) is 1.15. The number of carbonyl (C=O) groups is 2. The highest BCUT2D eigenvalue weighted by Gasteiger charge is 2.29. The Bertz CT molecular complexity index is 966. The number of sulfonamides is 1. The number of halogens is 1. The SMILES string of the molecule is CCNC(=O)C(C)N(Cc1ccc(Cl)cc1)C(=O)CN(c1ccccc1)S(C)(=O)=O. The highest BCUT2D eigenvalue weighted by Crippen LogP contribution is 2.19. The van der Waals surface area contributed by atoms with Crippen molar-refractivity contribution in [3.8, 4) is 0 Å². The number of amides is 2. The van der Waals surface area contributed by atoms with Crippen LogP contribution >= 0.6 is 11.6 Å². The summed E-state index contributed by atoms with van der Waals surface area (Å²) in [6.45, 7) is 3.55. The fourth-order valence-electron chi connectivity index (χ4n) is 2.90. The molecule has 1 N–H and O–H groups in total. The Labute approximate surface area is 182 Å². The average Bonchev–Trinajstić information content (AvgIpc) is 2.71. The summed E-state index contributed by atoms with van der Waals surface area (Å²) in [4.78, 5) is 27.0. The summed E-state index contributed by atoms with van der Waals surface area (Å²) < 4.78 is 25.7. The summed E-state index contributed by atoms with van der Waals surface area (Å²) in [6.07, 6.45) is 1.05. The van der Waals surface area contributed by atoms with Gasteiger partial charge >= 0.3 is 0 Å². The third-order valence-corrected chi connectivity index (χ3v) is 5.90. The summed E-state index contributed by atoms with van der Waals surface area (Å²) in [5.74, 6) is -0.802. The van der Waals surface area contributed by atoms with E-state index in [0.717, 1.165) is 16.1 Å². The second-order valence-electron chi connectivity index (χ2n) is 6.82. The topological polar surface area (TPSA) is 86.8 Å². The number of nitrogens with one attached hydrogen (secondary N) is 1. The zero-order valence-electron chi connectivity index (χ0n) is 17.2. The lowest BCUT2D eigenvalue weighted by Gasteiger charge is -2.31. The van der Waals surface area contributed by atoms with E-state index in [2.05, 4.69) is 5.32 Å². The molecule has 2 aromatic carbocycles. The Morgan fingerprint density at radius 3 is 2.20 bits per heavy atom. The van der Waals surface area contributed by atoms with Crippen molar-refractivity contribution in [1.29, 1.82) is 0 Å². The van der Waals surface area contributed by atoms with Crippen molar-refractivity contribution in [3.63, 3.8) is 0 Å². The van der Waals surface area contributed by atoms with Crippen LogP contribution in [0, 0.1) is 0 Å². The number of para-hydroxylation sites is 1. The molecular formula is C21H26ClN3O4S. The van der Waals surface area contributed by atoms with Crippen LogP contribution in [-0.4, -0.2) is 50.5 Å². The molecule has 2 rings (SSSR count). The molecule has 162 valence electrons. The number of rotatable bonds is 9. The molecule has 0 fully saturated rings. The minimum atomic E-state index is -3.71. The standard InChI is InChI=1S/C21H26ClN3O4S/c1-4-23-21(27)16(2)24(14-17-10-12-18(22)13-11-17)20(26)15-25(30(3,28)29)19-8-6-5-7-9-19/h5-13,16H,4,14-15H2,1-3H3,(H,23,27). The summed E-state index contributed by atoms with van der Waals surface area (Å²) in [5, 5.41) is 3.26. The Hall–Kier alpha value is -2.58. The summed E-state index contributed by atoms with van der Waals surface area (Å²) in [7, 11) is -3.71. The van der Waals surface area contributed by atoms with Crippen LogP contribution in [0.1, 0.15) is 19.4 Å². The molecule has 0 saturated heterocycles. The molecule has 0 aliphatic heterocycles. The monoisotopic (exact) mass is 451 g/mol. The van der Waals surface area contributed by atoms with Crippen LogP contribution in [0.5, 0.6) is 0 Å². The van der Waals surface area contributed by atoms with Crippen LogP contribution in [0.15, 0.2) is 54.6 Å². The molecule has 30 heavy (non-hydrogen) atoms. The van der Waals surface area contributed by atoms with Gasteiger partial charge in [-0.3, -0.25) is 13.9 Å². The van der Waals surface area contributed by atoms with E-state index in [9.17, 15) is 18.0 Å². The second-order valence-corrected chi connectivity index (χ2v) is 9.17. The molecule has 0 aromatic heterocycles. The molecule has 9 heteroatoms. The third kappa shape index (κ3) is 6.47. The predicted octanol–water partition coefficient (Wildman–Crippen LogP) is 2.66. The normalized spacial score (nSPS) is 12.1. The first kappa shape index (κ1) is 23.7. The molecule has 1 unspecified atom stereocenters. The number of benzene rings is 2. The van der Waals surface area contributed by atoms with Crippen molar-refractivity contribution in [1.82, 2.24) is 10.2 Å². The molecule has 0 aliphatic rings. The minimum Gasteiger partial charge on any atom is -0.355 e. The van der Waals surface area contributed by atoms with E-state index in [0.29, 0.717) is 17.3 Å². The van der Waals surface area contributed by atoms with E-state index < -0.39 is 28.5 Å². The van der Waals surface area contributed by atoms with E-state index in [1.807, 2.05) is 0 Å². The van der Waals surface area contributed by atoms with E-state index in [-0.39, 0.29) is 12.5 Å². The van der Waals surface area contributed by atoms with Crippen LogP contribution in [0.3, 0.4) is 0 Å². The van der Waals surface area contributed by atoms with Crippen LogP contribution in [0.2, 0.25) is 5.02 Å². The van der Waals surface area contributed by atoms with Gasteiger partial charge in [0.2, 0.25) is 21.8 Å². The van der Waals surface area contributed by atoms with Crippen molar-refractivity contribution in [2.75, 3.05) is 23.7 Å². The van der Waals surface area contributed by atoms with Crippen molar-refractivity contribution in [2.45, 2.75) is 26.4 Å². The molecule has 0 radical (unpaired) electrons. The van der Waals surface area contributed by atoms with E-state index in [1.54, 1.807) is 68.4 Å². The van der Waals surface area contributed by atoms with Gasteiger partial charge < -0.3 is 10.2 Å². The summed E-state index contributed by atoms with van der Waals surface area (Å²) in [6, 6.07) is 14.5. The predicted molar refractivity (Wildman–Crippen MR) is 119 cm³/mol. The second kappa shape index (κ2) is 10.4. The smallest absolute Gasteiger partial charge is 0.244 e. The van der Waals surface area contributed by atoms with Crippen molar-refractivity contribution in [2.24, 2.45) is 0 Å². The van der Waals surface area contributed by atoms with Crippen molar-refractivity contribution < 1.29 is 18.0 Å². The molecule has 0 bridgehead atoms. The summed E-state index contributed by atoms with van der Waals surface area (Å²) >= 11 is 5.93. The molecule has 0 aliphatic carbocycles. The van der Waals surface area contributed by atoms with E-state index in [1.165, 1.54) is 4.90 Å². The van der Waals surface area contributed by atoms with Crippen LogP contribution in [0.4, 0.5) is 5.69 Å². The maximum absolute atomic E-state index is 13.2. The van der Waals surface area contributed by atoms with Gasteiger partial charge in [0.1, 0.15) is 12.6 Å². The first-order valence-electron chi connectivity index (χ1n) is 9.48. The lowest BCUT2D eigenvalue weighted by molar-refractivity contribution is -0.139. The van der Waals surface area contributed by atoms with Gasteiger partial charge in [-0.15, -0.1) is 0 Å². The highest BCUT2D eigenvalue weighted by molar-refractivity contribution is 7.92. The quantitative estimate of drug-likeness (QED) is 0.635. The first-order valence-corrected chi connectivity index (χ1v) is 11.7. The Balaban J connectivity index is 2.34. The third-order valence-electron chi connectivity index (χ3n) is 4.51. The number of hydrogen-bond acceptors (Lipinski definition) is 4. The maximum Gasteiger partial charge on any atom is 0.244 e. The Morgan fingerprint density at radius 2 is 1.67 bits per heavy atom. The number of hydrogen-bond donors (Lipinski definition) is 1. The number of likely N-dealkylation sites (N-methyl/N-ethyl adjacent to an activating group) is 1. The van der Waals surface area contributed by atoms with E-state index in [4.69, 9.17) is 11.6 Å². The number of carbonyl (C=O) groups excluding carboxylic acids is 2. The Morgan fingerprint density at radius 1 is 1.07 bits per heavy atom. The minimum absolute atomic E-state index is 0.140. The molecular weight excluding hydrogens is 426 g/mol. The molecule has 2 aromatic rings. The molecule has 1 atom stereocenters. The lowest BCUT2D eigenvalue weighted by atomic mass is 10.1. The van der Waals surface area contributed by atoms with Gasteiger partial charge in [-0.2, -0.15) is 0 Å². The molecule has 7 nitrogen and oxygen atoms in total. The number of anilines is 1. The van der Waals surface area contributed by atoms with Gasteiger partial charge in [0, 0.05) is 18.1 Å². The molecule has 0 spiro atoms. The molecule has 0 saturated carbocycles. The van der Waals surface area contributed by atoms with Gasteiger partial charge in [0.25, 0.3) is 0 Å². The highest BCUT2D eigenvalue weighted by atomic mass is 35.5. The fraction of sp³-hybridized carbons (Fsp3) is 0.333. The zero-order valence-corrected chi connectivity index (χ0v) is 18.8. The largest absolute Gasteiger partial charge is 0.355 e. The van der Waals surface area contributed by atoms with Crippen molar-refractivity contribution in [3.05, 3.63) is 65.2 Å². The van der Waals surface area contributed by atoms with Crippen LogP contribution < -0.4 is 9.62 Å². The van der Waals surface area contributed by atoms with E-state index >= 15 is 0 Å². The zero-order chi connectivity index (χ0) is 22.3. The first-order chi connectivity index (χ1) is 14.1. The van der Waals surface area contributed by atoms with Gasteiger partial charge in [0.15, 0.2) is 0 Å². The lowest BCUT2D eigenvalue weighted by Crippen LogP contribution is -2.51. The number of nitrogens with zero attached hydrogens (tertiary/aromatic N) is 2.